The average Bonchev–Trinajstić information content (AvgIpc) is 2.60. The maximum absolute atomic E-state index is 12.7. The van der Waals surface area contributed by atoms with Gasteiger partial charge >= 0.3 is 0 Å². The zero-order chi connectivity index (χ0) is 19.8. The molecule has 0 bridgehead atoms. The van der Waals surface area contributed by atoms with Crippen molar-refractivity contribution in [2.75, 3.05) is 24.9 Å². The summed E-state index contributed by atoms with van der Waals surface area (Å²) in [6, 6.07) is 8.40. The number of rotatable bonds is 4. The number of amides is 2. The molecule has 0 saturated heterocycles. The molecular formula is C20H22N2O5. The first-order chi connectivity index (χ1) is 12.8. The molecule has 7 nitrogen and oxygen atoms in total. The molecule has 0 aromatic heterocycles. The summed E-state index contributed by atoms with van der Waals surface area (Å²) in [7, 11) is 2.78. The monoisotopic (exact) mass is 370 g/mol. The quantitative estimate of drug-likeness (QED) is 0.767. The van der Waals surface area contributed by atoms with Crippen LogP contribution in [0.25, 0.3) is 0 Å². The van der Waals surface area contributed by atoms with Crippen molar-refractivity contribution in [2.45, 2.75) is 25.7 Å². The molecular weight excluding hydrogens is 348 g/mol. The van der Waals surface area contributed by atoms with Crippen molar-refractivity contribution in [3.63, 3.8) is 0 Å². The summed E-state index contributed by atoms with van der Waals surface area (Å²) in [5.41, 5.74) is 2.11. The van der Waals surface area contributed by atoms with Crippen LogP contribution in [-0.2, 0) is 10.2 Å². The van der Waals surface area contributed by atoms with Crippen LogP contribution in [0.3, 0.4) is 0 Å². The summed E-state index contributed by atoms with van der Waals surface area (Å²) < 4.78 is 10.2. The van der Waals surface area contributed by atoms with E-state index in [0.717, 1.165) is 5.56 Å². The van der Waals surface area contributed by atoms with E-state index in [2.05, 4.69) is 10.6 Å². The summed E-state index contributed by atoms with van der Waals surface area (Å²) in [6.45, 7) is 4.02. The Morgan fingerprint density at radius 1 is 1.19 bits per heavy atom. The Kier molecular flexibility index (Phi) is 4.70. The number of hydrogen-bond donors (Lipinski definition) is 3. The topological polar surface area (TPSA) is 96.9 Å². The second kappa shape index (κ2) is 6.83. The molecule has 3 rings (SSSR count). The lowest BCUT2D eigenvalue weighted by molar-refractivity contribution is -0.117. The number of hydrogen-bond acceptors (Lipinski definition) is 5. The molecule has 0 saturated carbocycles. The van der Waals surface area contributed by atoms with E-state index in [1.807, 2.05) is 19.9 Å². The maximum Gasteiger partial charge on any atom is 0.259 e. The van der Waals surface area contributed by atoms with Crippen molar-refractivity contribution in [3.05, 3.63) is 41.5 Å². The summed E-state index contributed by atoms with van der Waals surface area (Å²) >= 11 is 0. The summed E-state index contributed by atoms with van der Waals surface area (Å²) in [5, 5.41) is 15.8. The highest BCUT2D eigenvalue weighted by Crippen LogP contribution is 2.40. The van der Waals surface area contributed by atoms with Gasteiger partial charge in [-0.3, -0.25) is 9.59 Å². The Morgan fingerprint density at radius 3 is 2.59 bits per heavy atom. The van der Waals surface area contributed by atoms with Crippen molar-refractivity contribution < 1.29 is 24.2 Å². The van der Waals surface area contributed by atoms with Gasteiger partial charge in [-0.05, 0) is 29.8 Å². The fourth-order valence-electron chi connectivity index (χ4n) is 3.31. The molecule has 27 heavy (non-hydrogen) atoms. The van der Waals surface area contributed by atoms with E-state index in [9.17, 15) is 14.7 Å². The van der Waals surface area contributed by atoms with Gasteiger partial charge in [-0.15, -0.1) is 0 Å². The number of phenolic OH excluding ortho intramolecular Hbond substituents is 1. The third-order valence-electron chi connectivity index (χ3n) is 4.65. The van der Waals surface area contributed by atoms with E-state index >= 15 is 0 Å². The lowest BCUT2D eigenvalue weighted by atomic mass is 9.78. The molecule has 0 fully saturated rings. The fourth-order valence-corrected chi connectivity index (χ4v) is 3.31. The van der Waals surface area contributed by atoms with Gasteiger partial charge in [-0.2, -0.15) is 0 Å². The van der Waals surface area contributed by atoms with Crippen LogP contribution in [0.2, 0.25) is 0 Å². The zero-order valence-corrected chi connectivity index (χ0v) is 15.7. The molecule has 7 heteroatoms. The van der Waals surface area contributed by atoms with Gasteiger partial charge in [0.05, 0.1) is 19.8 Å². The molecule has 1 aliphatic heterocycles. The molecule has 0 spiro atoms. The minimum absolute atomic E-state index is 0.0271. The summed E-state index contributed by atoms with van der Waals surface area (Å²) in [5.74, 6) is -0.516. The van der Waals surface area contributed by atoms with Gasteiger partial charge in [0, 0.05) is 23.2 Å². The molecule has 2 aromatic carbocycles. The second-order valence-corrected chi connectivity index (χ2v) is 7.02. The minimum atomic E-state index is -0.453. The predicted octanol–water partition coefficient (Wildman–Crippen LogP) is 3.28. The van der Waals surface area contributed by atoms with Crippen molar-refractivity contribution in [1.29, 1.82) is 0 Å². The number of aromatic hydroxyl groups is 1. The Labute approximate surface area is 157 Å². The van der Waals surface area contributed by atoms with Gasteiger partial charge in [0.1, 0.15) is 0 Å². The zero-order valence-electron chi connectivity index (χ0n) is 15.7. The second-order valence-electron chi connectivity index (χ2n) is 7.02. The number of carbonyl (C=O) groups excluding carboxylic acids is 2. The maximum atomic E-state index is 12.7. The Morgan fingerprint density at radius 2 is 1.93 bits per heavy atom. The smallest absolute Gasteiger partial charge is 0.259 e. The van der Waals surface area contributed by atoms with E-state index in [1.165, 1.54) is 26.4 Å². The number of methoxy groups -OCH3 is 2. The number of carbonyl (C=O) groups is 2. The van der Waals surface area contributed by atoms with Gasteiger partial charge in [0.25, 0.3) is 5.91 Å². The summed E-state index contributed by atoms with van der Waals surface area (Å²) in [4.78, 5) is 24.6. The van der Waals surface area contributed by atoms with Crippen molar-refractivity contribution >= 4 is 23.2 Å². The van der Waals surface area contributed by atoms with Crippen molar-refractivity contribution in [3.8, 4) is 17.2 Å². The van der Waals surface area contributed by atoms with E-state index in [-0.39, 0.29) is 34.1 Å². The van der Waals surface area contributed by atoms with Crippen LogP contribution in [0.15, 0.2) is 30.3 Å². The van der Waals surface area contributed by atoms with Gasteiger partial charge < -0.3 is 25.2 Å². The molecule has 0 radical (unpaired) electrons. The normalized spacial score (nSPS) is 14.7. The van der Waals surface area contributed by atoms with E-state index in [1.54, 1.807) is 12.1 Å². The first kappa shape index (κ1) is 18.6. The van der Waals surface area contributed by atoms with Gasteiger partial charge in [0.2, 0.25) is 11.7 Å². The van der Waals surface area contributed by atoms with Crippen molar-refractivity contribution in [2.24, 2.45) is 0 Å². The van der Waals surface area contributed by atoms with Gasteiger partial charge in [0.15, 0.2) is 11.5 Å². The molecule has 1 heterocycles. The molecule has 0 atom stereocenters. The summed E-state index contributed by atoms with van der Waals surface area (Å²) in [6.07, 6.45) is 0.411. The van der Waals surface area contributed by atoms with Crippen LogP contribution in [-0.4, -0.2) is 31.1 Å². The molecule has 142 valence electrons. The van der Waals surface area contributed by atoms with E-state index in [0.29, 0.717) is 17.8 Å². The predicted molar refractivity (Wildman–Crippen MR) is 102 cm³/mol. The molecule has 3 N–H and O–H groups in total. The van der Waals surface area contributed by atoms with Crippen molar-refractivity contribution in [1.82, 2.24) is 0 Å². The number of ether oxygens (including phenoxy) is 2. The molecule has 0 aliphatic carbocycles. The Bertz CT molecular complexity index is 921. The minimum Gasteiger partial charge on any atom is -0.502 e. The molecule has 0 unspecified atom stereocenters. The van der Waals surface area contributed by atoms with Crippen LogP contribution in [0.5, 0.6) is 17.2 Å². The highest BCUT2D eigenvalue weighted by Gasteiger charge is 2.32. The average molecular weight is 370 g/mol. The molecule has 2 aromatic rings. The third-order valence-corrected chi connectivity index (χ3v) is 4.65. The van der Waals surface area contributed by atoms with Crippen LogP contribution in [0.4, 0.5) is 11.4 Å². The third kappa shape index (κ3) is 3.40. The van der Waals surface area contributed by atoms with Crippen LogP contribution < -0.4 is 20.1 Å². The van der Waals surface area contributed by atoms with E-state index < -0.39 is 5.91 Å². The fraction of sp³-hybridized carbons (Fsp3) is 0.300. The number of nitrogens with one attached hydrogen (secondary N) is 2. The highest BCUT2D eigenvalue weighted by molar-refractivity contribution is 6.07. The van der Waals surface area contributed by atoms with Gasteiger partial charge in [-0.25, -0.2) is 0 Å². The van der Waals surface area contributed by atoms with E-state index in [4.69, 9.17) is 9.47 Å². The van der Waals surface area contributed by atoms with Crippen LogP contribution in [0.1, 0.15) is 36.2 Å². The lowest BCUT2D eigenvalue weighted by Crippen LogP contribution is -2.32. The SMILES string of the molecule is COc1ccc(C(=O)Nc2ccc3c(c2)NC(=O)CC3(C)C)c(OC)c1O. The first-order valence-corrected chi connectivity index (χ1v) is 8.46. The van der Waals surface area contributed by atoms with Gasteiger partial charge in [-0.1, -0.05) is 19.9 Å². The lowest BCUT2D eigenvalue weighted by Gasteiger charge is -2.32. The van der Waals surface area contributed by atoms with Crippen LogP contribution in [0, 0.1) is 0 Å². The number of anilines is 2. The number of phenols is 1. The molecule has 1 aliphatic rings. The standard InChI is InChI=1S/C20H22N2O5/c1-20(2)10-16(23)22-14-9-11(5-7-13(14)20)21-19(25)12-6-8-15(26-3)17(24)18(12)27-4/h5-9,24H,10H2,1-4H3,(H,21,25)(H,22,23). The highest BCUT2D eigenvalue weighted by atomic mass is 16.5. The number of benzene rings is 2. The Balaban J connectivity index is 1.91. The Hall–Kier alpha value is -3.22. The largest absolute Gasteiger partial charge is 0.502 e. The number of fused-ring (bicyclic) bond motifs is 1. The molecule has 2 amide bonds. The van der Waals surface area contributed by atoms with Crippen LogP contribution >= 0.6 is 0 Å². The first-order valence-electron chi connectivity index (χ1n) is 8.46.